The number of aromatic nitrogens is 5. The highest BCUT2D eigenvalue weighted by molar-refractivity contribution is 6.31. The molecule has 6 rings (SSSR count). The van der Waals surface area contributed by atoms with Gasteiger partial charge >= 0.3 is 0 Å². The molecule has 1 aliphatic heterocycles. The standard InChI is InChI=1S/C28H22ClF4N7O2/c1-13-24(38-21(9-34-13)22-18(25(32)33)4-5-19(29)23(22)31)27(41)37-16-8-36-39(12-16)10-14-6-20(30)26(35-7-14)40-11-15-2-3-17(15)28(40)42/h4-9,12,15,17,25H,2-3,10-11H2,1H3,(H,37,41)/t15-,17-/m1/s1. The van der Waals surface area contributed by atoms with Gasteiger partial charge in [0, 0.05) is 36.0 Å². The molecule has 1 saturated heterocycles. The van der Waals surface area contributed by atoms with E-state index in [1.807, 2.05) is 0 Å². The van der Waals surface area contributed by atoms with E-state index >= 15 is 0 Å². The van der Waals surface area contributed by atoms with Gasteiger partial charge in [0.25, 0.3) is 12.3 Å². The van der Waals surface area contributed by atoms with E-state index in [1.54, 1.807) is 0 Å². The molecule has 1 N–H and O–H groups in total. The van der Waals surface area contributed by atoms with Crippen LogP contribution in [0.3, 0.4) is 0 Å². The Kier molecular flexibility index (Phi) is 7.13. The number of aryl methyl sites for hydroxylation is 1. The van der Waals surface area contributed by atoms with E-state index in [4.69, 9.17) is 11.6 Å². The maximum absolute atomic E-state index is 14.9. The monoisotopic (exact) mass is 599 g/mol. The lowest BCUT2D eigenvalue weighted by Gasteiger charge is -2.25. The topological polar surface area (TPSA) is 106 Å². The minimum atomic E-state index is -3.02. The Labute approximate surface area is 241 Å². The molecule has 14 heteroatoms. The molecule has 3 aromatic heterocycles. The van der Waals surface area contributed by atoms with Crippen LogP contribution in [0.4, 0.5) is 29.1 Å². The summed E-state index contributed by atoms with van der Waals surface area (Å²) in [6.45, 7) is 2.09. The number of hydrogen-bond acceptors (Lipinski definition) is 6. The van der Waals surface area contributed by atoms with Crippen LogP contribution < -0.4 is 10.2 Å². The molecule has 9 nitrogen and oxygen atoms in total. The van der Waals surface area contributed by atoms with Gasteiger partial charge in [-0.2, -0.15) is 5.10 Å². The number of carbonyl (C=O) groups excluding carboxylic acids is 2. The number of anilines is 2. The molecule has 1 aliphatic carbocycles. The zero-order valence-corrected chi connectivity index (χ0v) is 22.7. The molecule has 0 radical (unpaired) electrons. The quantitative estimate of drug-likeness (QED) is 0.278. The van der Waals surface area contributed by atoms with Gasteiger partial charge in [0.2, 0.25) is 5.91 Å². The zero-order valence-electron chi connectivity index (χ0n) is 22.0. The van der Waals surface area contributed by atoms with E-state index in [0.29, 0.717) is 12.1 Å². The van der Waals surface area contributed by atoms with Crippen molar-refractivity contribution in [2.75, 3.05) is 16.8 Å². The van der Waals surface area contributed by atoms with Crippen molar-refractivity contribution in [3.8, 4) is 11.3 Å². The largest absolute Gasteiger partial charge is 0.318 e. The zero-order chi connectivity index (χ0) is 29.7. The van der Waals surface area contributed by atoms with Gasteiger partial charge in [-0.05, 0) is 43.4 Å². The molecule has 0 unspecified atom stereocenters. The summed E-state index contributed by atoms with van der Waals surface area (Å²) < 4.78 is 58.3. The van der Waals surface area contributed by atoms with Crippen molar-refractivity contribution in [1.29, 1.82) is 0 Å². The molecule has 4 aromatic rings. The summed E-state index contributed by atoms with van der Waals surface area (Å²) in [7, 11) is 0. The highest BCUT2D eigenvalue weighted by atomic mass is 35.5. The normalized spacial score (nSPS) is 17.9. The van der Waals surface area contributed by atoms with Crippen molar-refractivity contribution < 1.29 is 27.2 Å². The number of pyridine rings is 1. The Bertz CT molecular complexity index is 1730. The number of fused-ring (bicyclic) bond motifs is 1. The lowest BCUT2D eigenvalue weighted by atomic mass is 9.76. The van der Waals surface area contributed by atoms with E-state index in [0.717, 1.165) is 31.2 Å². The molecule has 216 valence electrons. The maximum Gasteiger partial charge on any atom is 0.276 e. The van der Waals surface area contributed by atoms with Crippen molar-refractivity contribution in [3.63, 3.8) is 0 Å². The molecule has 42 heavy (non-hydrogen) atoms. The minimum absolute atomic E-state index is 0.0172. The van der Waals surface area contributed by atoms with E-state index in [-0.39, 0.29) is 57.9 Å². The van der Waals surface area contributed by atoms with Crippen molar-refractivity contribution in [2.45, 2.75) is 32.7 Å². The predicted molar refractivity (Wildman–Crippen MR) is 144 cm³/mol. The number of amides is 2. The van der Waals surface area contributed by atoms with E-state index in [2.05, 4.69) is 25.4 Å². The Balaban J connectivity index is 1.17. The van der Waals surface area contributed by atoms with Crippen molar-refractivity contribution in [1.82, 2.24) is 24.7 Å². The highest BCUT2D eigenvalue weighted by Gasteiger charge is 2.47. The Morgan fingerprint density at radius 2 is 1.98 bits per heavy atom. The number of alkyl halides is 2. The Hall–Kier alpha value is -4.39. The van der Waals surface area contributed by atoms with Gasteiger partial charge in [0.15, 0.2) is 17.5 Å². The average Bonchev–Trinajstić information content (AvgIpc) is 3.45. The third-order valence-corrected chi connectivity index (χ3v) is 7.87. The van der Waals surface area contributed by atoms with E-state index in [9.17, 15) is 27.2 Å². The van der Waals surface area contributed by atoms with Crippen molar-refractivity contribution in [2.24, 2.45) is 11.8 Å². The number of rotatable bonds is 7. The lowest BCUT2D eigenvalue weighted by Crippen LogP contribution is -2.29. The fourth-order valence-corrected chi connectivity index (χ4v) is 5.43. The first kappa shape index (κ1) is 27.8. The number of nitrogens with one attached hydrogen (secondary N) is 1. The lowest BCUT2D eigenvalue weighted by molar-refractivity contribution is -0.123. The van der Waals surface area contributed by atoms with Gasteiger partial charge in [-0.15, -0.1) is 0 Å². The van der Waals surface area contributed by atoms with Crippen LogP contribution in [0.15, 0.2) is 43.0 Å². The Morgan fingerprint density at radius 3 is 2.64 bits per heavy atom. The summed E-state index contributed by atoms with van der Waals surface area (Å²) in [4.78, 5) is 39.3. The molecule has 0 bridgehead atoms. The predicted octanol–water partition coefficient (Wildman–Crippen LogP) is 5.59. The third-order valence-electron chi connectivity index (χ3n) is 7.58. The molecule has 2 fully saturated rings. The molecular weight excluding hydrogens is 578 g/mol. The number of halogens is 5. The van der Waals surface area contributed by atoms with Crippen LogP contribution in [0.5, 0.6) is 0 Å². The molecule has 1 aromatic carbocycles. The summed E-state index contributed by atoms with van der Waals surface area (Å²) in [5, 5.41) is 6.39. The molecule has 0 spiro atoms. The second-order valence-electron chi connectivity index (χ2n) is 10.2. The van der Waals surface area contributed by atoms with Crippen LogP contribution in [0.2, 0.25) is 5.02 Å². The SMILES string of the molecule is Cc1ncc(-c2c(C(F)F)ccc(Cl)c2F)nc1C(=O)Nc1cnn(Cc2cnc(N3C[C@H]4CC[C@H]4C3=O)c(F)c2)c1. The van der Waals surface area contributed by atoms with Crippen LogP contribution in [0.1, 0.15) is 46.6 Å². The first-order valence-electron chi connectivity index (χ1n) is 13.0. The van der Waals surface area contributed by atoms with Crippen molar-refractivity contribution in [3.05, 3.63) is 82.2 Å². The van der Waals surface area contributed by atoms with Gasteiger partial charge in [-0.25, -0.2) is 27.5 Å². The summed E-state index contributed by atoms with van der Waals surface area (Å²) in [6, 6.07) is 3.31. The first-order valence-corrected chi connectivity index (χ1v) is 13.4. The highest BCUT2D eigenvalue weighted by Crippen LogP contribution is 2.43. The molecule has 2 amide bonds. The molecule has 2 aliphatic rings. The second-order valence-corrected chi connectivity index (χ2v) is 10.6. The molecule has 2 atom stereocenters. The number of hydrogen-bond donors (Lipinski definition) is 1. The van der Waals surface area contributed by atoms with Gasteiger partial charge in [0.05, 0.1) is 41.0 Å². The molecule has 4 heterocycles. The van der Waals surface area contributed by atoms with Crippen LogP contribution in [0, 0.1) is 30.4 Å². The van der Waals surface area contributed by atoms with Gasteiger partial charge in [0.1, 0.15) is 5.69 Å². The second kappa shape index (κ2) is 10.8. The van der Waals surface area contributed by atoms with E-state index in [1.165, 1.54) is 41.2 Å². The fraction of sp³-hybridized carbons (Fsp3) is 0.286. The van der Waals surface area contributed by atoms with Crippen LogP contribution in [-0.2, 0) is 11.3 Å². The summed E-state index contributed by atoms with van der Waals surface area (Å²) in [5.41, 5.74) is -0.752. The average molecular weight is 600 g/mol. The smallest absolute Gasteiger partial charge is 0.276 e. The molecule has 1 saturated carbocycles. The summed E-state index contributed by atoms with van der Waals surface area (Å²) >= 11 is 5.81. The fourth-order valence-electron chi connectivity index (χ4n) is 5.27. The third kappa shape index (κ3) is 4.97. The van der Waals surface area contributed by atoms with Crippen LogP contribution in [0.25, 0.3) is 11.3 Å². The van der Waals surface area contributed by atoms with Gasteiger partial charge in [-0.1, -0.05) is 17.7 Å². The number of nitrogens with zero attached hydrogens (tertiary/aromatic N) is 6. The Morgan fingerprint density at radius 1 is 1.17 bits per heavy atom. The summed E-state index contributed by atoms with van der Waals surface area (Å²) in [6.07, 6.45) is 4.18. The van der Waals surface area contributed by atoms with Gasteiger partial charge in [-0.3, -0.25) is 24.2 Å². The van der Waals surface area contributed by atoms with Crippen LogP contribution >= 0.6 is 11.6 Å². The minimum Gasteiger partial charge on any atom is -0.318 e. The van der Waals surface area contributed by atoms with Crippen molar-refractivity contribution >= 4 is 34.9 Å². The summed E-state index contributed by atoms with van der Waals surface area (Å²) in [5.74, 6) is -2.28. The number of benzene rings is 1. The first-order chi connectivity index (χ1) is 20.1. The van der Waals surface area contributed by atoms with E-state index < -0.39 is 35.1 Å². The molecular formula is C28H22ClF4N7O2. The number of carbonyl (C=O) groups is 2. The maximum atomic E-state index is 14.9. The van der Waals surface area contributed by atoms with Crippen LogP contribution in [-0.4, -0.2) is 43.1 Å². The van der Waals surface area contributed by atoms with Gasteiger partial charge < -0.3 is 5.32 Å².